The summed E-state index contributed by atoms with van der Waals surface area (Å²) in [5.41, 5.74) is 7.51. The number of likely N-dealkylation sites (tertiary alicyclic amines) is 1. The van der Waals surface area contributed by atoms with E-state index in [1.807, 2.05) is 29.3 Å². The minimum absolute atomic E-state index is 0.0139. The first-order valence-corrected chi connectivity index (χ1v) is 25.9. The molecule has 0 bridgehead atoms. The van der Waals surface area contributed by atoms with Gasteiger partial charge in [0.15, 0.2) is 5.82 Å². The van der Waals surface area contributed by atoms with Crippen LogP contribution >= 0.6 is 0 Å². The Morgan fingerprint density at radius 2 is 1.64 bits per heavy atom. The van der Waals surface area contributed by atoms with Crippen molar-refractivity contribution in [3.63, 3.8) is 0 Å². The number of nitrogens with zero attached hydrogens (tertiary/aromatic N) is 9. The molecule has 0 spiro atoms. The Morgan fingerprint density at radius 3 is 2.40 bits per heavy atom. The molecule has 3 aromatic heterocycles. The summed E-state index contributed by atoms with van der Waals surface area (Å²) in [4.78, 5) is 78.7. The van der Waals surface area contributed by atoms with Crippen LogP contribution in [0.2, 0.25) is 0 Å². The summed E-state index contributed by atoms with van der Waals surface area (Å²) in [7, 11) is 0. The number of alkyl halides is 2. The molecule has 7 aliphatic rings. The van der Waals surface area contributed by atoms with Gasteiger partial charge in [-0.05, 0) is 105 Å². The van der Waals surface area contributed by atoms with Crippen LogP contribution in [0.25, 0.3) is 22.0 Å². The van der Waals surface area contributed by atoms with Crippen molar-refractivity contribution in [2.24, 2.45) is 5.92 Å². The number of benzene rings is 2. The van der Waals surface area contributed by atoms with Gasteiger partial charge in [0.25, 0.3) is 18.2 Å². The molecule has 0 radical (unpaired) electrons. The SMILES string of the molecule is CC(=O)N1CCc2c(c(N3CCCc4cc(-c5cn(C6CCN(CC7CCN(c8cccc9c8C(=O)N(C8CCC(=O)NC8=O)C9=O)CC7)CC6)c6ccncc56)c(C(F)F)cc43)nn2C2CCOCC2)C1. The highest BCUT2D eigenvalue weighted by molar-refractivity contribution is 6.25. The molecule has 7 aliphatic heterocycles. The second-order valence-corrected chi connectivity index (χ2v) is 20.8. The predicted octanol–water partition coefficient (Wildman–Crippen LogP) is 7.13. The van der Waals surface area contributed by atoms with Crippen molar-refractivity contribution in [2.45, 2.75) is 109 Å². The van der Waals surface area contributed by atoms with Crippen LogP contribution in [0.3, 0.4) is 0 Å². The van der Waals surface area contributed by atoms with Gasteiger partial charge in [0.2, 0.25) is 17.7 Å². The minimum atomic E-state index is -2.73. The molecule has 5 aromatic rings. The summed E-state index contributed by atoms with van der Waals surface area (Å²) in [5, 5.41) is 8.40. The molecule has 4 saturated heterocycles. The van der Waals surface area contributed by atoms with E-state index in [0.29, 0.717) is 67.6 Å². The summed E-state index contributed by atoms with van der Waals surface area (Å²) in [6, 6.07) is 10.4. The number of hydrogen-bond donors (Lipinski definition) is 1. The third-order valence-electron chi connectivity index (χ3n) is 16.7. The van der Waals surface area contributed by atoms with E-state index in [1.165, 1.54) is 0 Å². The number of fused-ring (bicyclic) bond motifs is 4. The highest BCUT2D eigenvalue weighted by Crippen LogP contribution is 2.46. The molecule has 1 unspecified atom stereocenters. The fourth-order valence-electron chi connectivity index (χ4n) is 12.9. The number of anilines is 3. The number of pyridine rings is 1. The van der Waals surface area contributed by atoms with Gasteiger partial charge >= 0.3 is 0 Å². The van der Waals surface area contributed by atoms with Crippen molar-refractivity contribution < 1.29 is 37.5 Å². The maximum absolute atomic E-state index is 15.6. The van der Waals surface area contributed by atoms with Crippen LogP contribution in [0.1, 0.15) is 126 Å². The maximum atomic E-state index is 15.6. The van der Waals surface area contributed by atoms with Gasteiger partial charge in [0.1, 0.15) is 6.04 Å². The highest BCUT2D eigenvalue weighted by atomic mass is 19.3. The van der Waals surface area contributed by atoms with Crippen LogP contribution in [0.5, 0.6) is 0 Å². The molecule has 1 atom stereocenters. The average Bonchev–Trinajstić information content (AvgIpc) is 4.06. The van der Waals surface area contributed by atoms with E-state index >= 15 is 8.78 Å². The van der Waals surface area contributed by atoms with Gasteiger partial charge in [-0.2, -0.15) is 5.10 Å². The molecule has 4 fully saturated rings. The molecular formula is C54H60F2N10O6. The highest BCUT2D eigenvalue weighted by Gasteiger charge is 2.46. The zero-order valence-corrected chi connectivity index (χ0v) is 40.7. The summed E-state index contributed by atoms with van der Waals surface area (Å²) >= 11 is 0. The average molecular weight is 983 g/mol. The zero-order chi connectivity index (χ0) is 49.4. The van der Waals surface area contributed by atoms with Gasteiger partial charge in [0.05, 0.1) is 34.9 Å². The lowest BCUT2D eigenvalue weighted by molar-refractivity contribution is -0.136. The second-order valence-electron chi connectivity index (χ2n) is 20.8. The zero-order valence-electron chi connectivity index (χ0n) is 40.7. The largest absolute Gasteiger partial charge is 0.381 e. The molecule has 72 heavy (non-hydrogen) atoms. The van der Waals surface area contributed by atoms with E-state index < -0.39 is 36.1 Å². The van der Waals surface area contributed by atoms with E-state index in [-0.39, 0.29) is 36.4 Å². The van der Waals surface area contributed by atoms with Crippen LogP contribution in [0.4, 0.5) is 26.0 Å². The standard InChI is InChI=1S/C54H60F2N10O6/c1-32(67)62-23-14-44-42(30-62)51(59-66(44)36-15-24-72-25-16-36)63-18-3-4-34-26-38(39(50(55)56)27-47(34)63)41-31-64(43-9-17-57-28-40(41)43)35-12-19-60(20-13-35)29-33-10-21-61(22-11-33)45-6-2-5-37-49(45)54(71)65(53(37)70)46-7-8-48(68)58-52(46)69/h2,5-6,9,17,26-28,31,33,35-36,46,50H,3-4,7-8,10-16,18-25,29-30H2,1H3,(H,58,68,69). The van der Waals surface area contributed by atoms with Crippen molar-refractivity contribution in [3.05, 3.63) is 88.5 Å². The Kier molecular flexibility index (Phi) is 12.2. The van der Waals surface area contributed by atoms with Crippen molar-refractivity contribution in [1.29, 1.82) is 0 Å². The lowest BCUT2D eigenvalue weighted by atomic mass is 9.91. The maximum Gasteiger partial charge on any atom is 0.264 e. The van der Waals surface area contributed by atoms with Gasteiger partial charge in [-0.25, -0.2) is 8.78 Å². The van der Waals surface area contributed by atoms with Crippen molar-refractivity contribution in [2.75, 3.05) is 68.8 Å². The van der Waals surface area contributed by atoms with Crippen molar-refractivity contribution >= 4 is 57.6 Å². The summed E-state index contributed by atoms with van der Waals surface area (Å²) in [6.45, 7) is 8.87. The van der Waals surface area contributed by atoms with Gasteiger partial charge in [-0.1, -0.05) is 6.07 Å². The Bertz CT molecular complexity index is 3000. The number of ether oxygens (including phenoxy) is 1. The number of imide groups is 2. The molecule has 10 heterocycles. The Labute approximate surface area is 416 Å². The monoisotopic (exact) mass is 982 g/mol. The Balaban J connectivity index is 0.746. The summed E-state index contributed by atoms with van der Waals surface area (Å²) < 4.78 is 41.3. The van der Waals surface area contributed by atoms with Gasteiger partial charge < -0.3 is 28.9 Å². The molecule has 18 heteroatoms. The molecule has 376 valence electrons. The Morgan fingerprint density at radius 1 is 0.833 bits per heavy atom. The number of aryl methyl sites for hydroxylation is 1. The fourth-order valence-corrected chi connectivity index (χ4v) is 12.9. The third-order valence-corrected chi connectivity index (χ3v) is 16.7. The molecule has 5 amide bonds. The predicted molar refractivity (Wildman–Crippen MR) is 264 cm³/mol. The lowest BCUT2D eigenvalue weighted by Crippen LogP contribution is -2.54. The van der Waals surface area contributed by atoms with E-state index in [9.17, 15) is 24.0 Å². The number of carbonyl (C=O) groups excluding carboxylic acids is 5. The summed E-state index contributed by atoms with van der Waals surface area (Å²) in [6.07, 6.45) is 10.8. The molecule has 2 aromatic carbocycles. The van der Waals surface area contributed by atoms with Gasteiger partial charge in [-0.15, -0.1) is 0 Å². The smallest absolute Gasteiger partial charge is 0.264 e. The number of carbonyl (C=O) groups is 5. The normalized spacial score (nSPS) is 21.8. The second kappa shape index (κ2) is 18.8. The number of amides is 5. The first kappa shape index (κ1) is 46.5. The Hall–Kier alpha value is -6.53. The number of halogens is 2. The summed E-state index contributed by atoms with van der Waals surface area (Å²) in [5.74, 6) is -0.770. The quantitative estimate of drug-likeness (QED) is 0.150. The minimum Gasteiger partial charge on any atom is -0.381 e. The van der Waals surface area contributed by atoms with Crippen LogP contribution in [-0.4, -0.2) is 129 Å². The molecule has 1 N–H and O–H groups in total. The van der Waals surface area contributed by atoms with Gasteiger partial charge in [-0.3, -0.25) is 43.9 Å². The van der Waals surface area contributed by atoms with E-state index in [0.717, 1.165) is 134 Å². The topological polar surface area (TPSA) is 158 Å². The van der Waals surface area contributed by atoms with E-state index in [1.54, 1.807) is 31.3 Å². The number of aromatic nitrogens is 4. The van der Waals surface area contributed by atoms with Crippen LogP contribution in [0.15, 0.2) is 55.0 Å². The van der Waals surface area contributed by atoms with Crippen LogP contribution < -0.4 is 15.1 Å². The third kappa shape index (κ3) is 8.14. The molecule has 0 aliphatic carbocycles. The first-order chi connectivity index (χ1) is 35.0. The van der Waals surface area contributed by atoms with Crippen LogP contribution in [0, 0.1) is 5.92 Å². The molecule has 16 nitrogen and oxygen atoms in total. The number of nitrogens with one attached hydrogen (secondary N) is 1. The fraction of sp³-hybridized carbons (Fsp3) is 0.500. The van der Waals surface area contributed by atoms with E-state index in [4.69, 9.17) is 9.84 Å². The first-order valence-electron chi connectivity index (χ1n) is 25.9. The molecule has 0 saturated carbocycles. The number of piperidine rings is 3. The van der Waals surface area contributed by atoms with E-state index in [2.05, 4.69) is 40.4 Å². The van der Waals surface area contributed by atoms with Crippen LogP contribution in [-0.2, 0) is 38.5 Å². The lowest BCUT2D eigenvalue weighted by Gasteiger charge is -2.39. The van der Waals surface area contributed by atoms with Crippen molar-refractivity contribution in [3.8, 4) is 11.1 Å². The van der Waals surface area contributed by atoms with Crippen molar-refractivity contribution in [1.82, 2.24) is 39.3 Å². The van der Waals surface area contributed by atoms with Gasteiger partial charge in [0, 0.05) is 137 Å². The molecular weight excluding hydrogens is 923 g/mol. The molecule has 12 rings (SSSR count). The number of rotatable bonds is 9. The number of hydrogen-bond acceptors (Lipinski definition) is 11.